The second-order valence-electron chi connectivity index (χ2n) is 15.3. The summed E-state index contributed by atoms with van der Waals surface area (Å²) in [5, 5.41) is 10.6. The van der Waals surface area contributed by atoms with E-state index in [9.17, 15) is 14.7 Å². The molecule has 0 aliphatic carbocycles. The van der Waals surface area contributed by atoms with E-state index in [1.54, 1.807) is 33.7 Å². The smallest absolute Gasteiger partial charge is 0.247 e. The fraction of sp³-hybridized carbons (Fsp3) is 0.649. The van der Waals surface area contributed by atoms with Crippen molar-refractivity contribution in [3.05, 3.63) is 61.2 Å². The molecule has 0 aromatic heterocycles. The molecule has 0 radical (unpaired) electrons. The molecule has 7 nitrogen and oxygen atoms in total. The minimum atomic E-state index is -0.815. The Hall–Kier alpha value is -2.10. The third-order valence-electron chi connectivity index (χ3n) is 10.2. The van der Waals surface area contributed by atoms with Crippen LogP contribution in [0.2, 0.25) is 0 Å². The summed E-state index contributed by atoms with van der Waals surface area (Å²) in [5.41, 5.74) is 0.425. The van der Waals surface area contributed by atoms with Crippen molar-refractivity contribution in [2.45, 2.75) is 107 Å². The molecule has 1 spiro atoms. The zero-order valence-electron chi connectivity index (χ0n) is 28.7. The van der Waals surface area contributed by atoms with E-state index in [2.05, 4.69) is 63.7 Å². The molecule has 3 unspecified atom stereocenters. The molecule has 3 amide bonds. The normalized spacial score (nSPS) is 28.5. The number of aliphatic hydroxyl groups excluding tert-OH is 1. The van der Waals surface area contributed by atoms with Crippen molar-refractivity contribution in [3.8, 4) is 0 Å². The molecule has 1 N–H and O–H groups in total. The van der Waals surface area contributed by atoms with Gasteiger partial charge >= 0.3 is 0 Å². The van der Waals surface area contributed by atoms with Crippen LogP contribution in [0.5, 0.6) is 0 Å². The molecule has 9 heteroatoms. The minimum absolute atomic E-state index is 0.0404. The molecular weight excluding hydrogens is 662 g/mol. The van der Waals surface area contributed by atoms with Gasteiger partial charge in [-0.2, -0.15) is 0 Å². The summed E-state index contributed by atoms with van der Waals surface area (Å²) in [4.78, 5) is 50.1. The number of amides is 3. The molecule has 3 heterocycles. The zero-order chi connectivity index (χ0) is 34.2. The van der Waals surface area contributed by atoms with Crippen LogP contribution in [0.4, 0.5) is 0 Å². The Morgan fingerprint density at radius 2 is 1.76 bits per heavy atom. The molecule has 1 aromatic carbocycles. The maximum absolute atomic E-state index is 15.2. The van der Waals surface area contributed by atoms with Gasteiger partial charge < -0.3 is 19.8 Å². The summed E-state index contributed by atoms with van der Waals surface area (Å²) in [7, 11) is 0. The Morgan fingerprint density at radius 1 is 1.13 bits per heavy atom. The first-order valence-electron chi connectivity index (χ1n) is 16.7. The van der Waals surface area contributed by atoms with E-state index >= 15 is 4.79 Å². The van der Waals surface area contributed by atoms with Crippen molar-refractivity contribution in [1.29, 1.82) is 0 Å². The molecule has 1 aromatic rings. The molecule has 8 atom stereocenters. The Bertz CT molecular complexity index is 1300. The van der Waals surface area contributed by atoms with Gasteiger partial charge in [-0.1, -0.05) is 99.5 Å². The molecule has 46 heavy (non-hydrogen) atoms. The number of benzene rings is 1. The van der Waals surface area contributed by atoms with E-state index in [4.69, 9.17) is 0 Å². The van der Waals surface area contributed by atoms with Gasteiger partial charge in [0.15, 0.2) is 0 Å². The second-order valence-corrected chi connectivity index (χ2v) is 18.0. The van der Waals surface area contributed by atoms with E-state index in [1.807, 2.05) is 49.1 Å². The van der Waals surface area contributed by atoms with Gasteiger partial charge in [-0.05, 0) is 43.6 Å². The highest BCUT2D eigenvalue weighted by Gasteiger charge is 2.77. The monoisotopic (exact) mass is 715 g/mol. The average molecular weight is 717 g/mol. The number of hydrogen-bond acceptors (Lipinski definition) is 5. The van der Waals surface area contributed by atoms with Crippen LogP contribution in [0.1, 0.15) is 73.3 Å². The van der Waals surface area contributed by atoms with Crippen LogP contribution in [0, 0.1) is 23.2 Å². The molecule has 3 saturated heterocycles. The first-order chi connectivity index (χ1) is 21.6. The quantitative estimate of drug-likeness (QED) is 0.181. The molecule has 0 saturated carbocycles. The summed E-state index contributed by atoms with van der Waals surface area (Å²) in [6.07, 6.45) is 5.57. The fourth-order valence-electron chi connectivity index (χ4n) is 8.51. The predicted molar refractivity (Wildman–Crippen MR) is 192 cm³/mol. The van der Waals surface area contributed by atoms with Gasteiger partial charge in [0.1, 0.15) is 6.04 Å². The number of likely N-dealkylation sites (tertiary alicyclic amines) is 1. The highest BCUT2D eigenvalue weighted by atomic mass is 79.9. The van der Waals surface area contributed by atoms with Crippen molar-refractivity contribution in [1.82, 2.24) is 14.7 Å². The van der Waals surface area contributed by atoms with E-state index in [0.717, 1.165) is 18.4 Å². The topological polar surface area (TPSA) is 81.2 Å². The standard InChI is InChI=1S/C37H54BrN3O4S/c1-10-18-39(21-25-16-14-13-15-17-25)32(43)28-29-33(44)41(27(22-42)24(4)12-3)31(37(29)20-26(38)30(28)46-37)34(45)40(19-11-2)36(8,9)23-35(5,6)7/h10-11,13-17,24,26-31,42H,1-2,12,18-23H2,3-9H3/t24-,26?,27-,28+,29-,30+,31?,37?/m0/s1. The van der Waals surface area contributed by atoms with Crippen LogP contribution in [-0.2, 0) is 20.9 Å². The van der Waals surface area contributed by atoms with Gasteiger partial charge in [0.05, 0.1) is 29.2 Å². The number of fused-ring (bicyclic) bond motifs is 1. The van der Waals surface area contributed by atoms with Gasteiger partial charge in [0.2, 0.25) is 17.7 Å². The van der Waals surface area contributed by atoms with Crippen LogP contribution in [0.25, 0.3) is 0 Å². The van der Waals surface area contributed by atoms with Gasteiger partial charge in [0, 0.05) is 35.3 Å². The number of hydrogen-bond donors (Lipinski definition) is 1. The largest absolute Gasteiger partial charge is 0.394 e. The van der Waals surface area contributed by atoms with Crippen LogP contribution in [0.15, 0.2) is 55.6 Å². The fourth-order valence-corrected chi connectivity index (χ4v) is 12.1. The first kappa shape index (κ1) is 36.7. The van der Waals surface area contributed by atoms with Gasteiger partial charge in [-0.3, -0.25) is 14.4 Å². The van der Waals surface area contributed by atoms with Crippen LogP contribution in [0.3, 0.4) is 0 Å². The maximum Gasteiger partial charge on any atom is 0.247 e. The van der Waals surface area contributed by atoms with Crippen LogP contribution in [-0.4, -0.2) is 89.7 Å². The molecule has 4 rings (SSSR count). The third-order valence-corrected chi connectivity index (χ3v) is 13.5. The number of carbonyl (C=O) groups is 3. The number of rotatable bonds is 14. The van der Waals surface area contributed by atoms with E-state index in [0.29, 0.717) is 26.1 Å². The molecular formula is C37H54BrN3O4S. The van der Waals surface area contributed by atoms with Crippen molar-refractivity contribution >= 4 is 45.4 Å². The highest BCUT2D eigenvalue weighted by molar-refractivity contribution is 9.09. The van der Waals surface area contributed by atoms with Crippen LogP contribution < -0.4 is 0 Å². The lowest BCUT2D eigenvalue weighted by atomic mass is 9.70. The summed E-state index contributed by atoms with van der Waals surface area (Å²) in [5.74, 6) is -1.71. The minimum Gasteiger partial charge on any atom is -0.394 e. The number of alkyl halides is 1. The summed E-state index contributed by atoms with van der Waals surface area (Å²) >= 11 is 5.57. The van der Waals surface area contributed by atoms with E-state index in [1.165, 1.54) is 0 Å². The van der Waals surface area contributed by atoms with Crippen molar-refractivity contribution < 1.29 is 19.5 Å². The van der Waals surface area contributed by atoms with Gasteiger partial charge in [-0.15, -0.1) is 24.9 Å². The molecule has 3 fully saturated rings. The SMILES string of the molecule is C=CCN(Cc1ccccc1)C(=O)[C@H]1[C@@H]2SC3(CC2Br)C(C(=O)N(CC=C)C(C)(C)CC(C)(C)C)N([C@@H](CO)[C@@H](C)CC)C(=O)[C@H]13. The highest BCUT2D eigenvalue weighted by Crippen LogP contribution is 2.68. The Morgan fingerprint density at radius 3 is 2.30 bits per heavy atom. The summed E-state index contributed by atoms with van der Waals surface area (Å²) in [6, 6.07) is 8.50. The summed E-state index contributed by atoms with van der Waals surface area (Å²) < 4.78 is -0.808. The molecule has 2 bridgehead atoms. The number of nitrogens with zero attached hydrogens (tertiary/aromatic N) is 3. The molecule has 3 aliphatic rings. The number of thioether (sulfide) groups is 1. The number of carbonyl (C=O) groups excluding carboxylic acids is 3. The van der Waals surface area contributed by atoms with Crippen molar-refractivity contribution in [2.75, 3.05) is 19.7 Å². The van der Waals surface area contributed by atoms with Gasteiger partial charge in [-0.25, -0.2) is 0 Å². The summed E-state index contributed by atoms with van der Waals surface area (Å²) in [6.45, 7) is 23.5. The maximum atomic E-state index is 15.2. The third kappa shape index (κ3) is 6.75. The average Bonchev–Trinajstić information content (AvgIpc) is 3.58. The molecule has 3 aliphatic heterocycles. The van der Waals surface area contributed by atoms with Gasteiger partial charge in [0.25, 0.3) is 0 Å². The van der Waals surface area contributed by atoms with E-state index < -0.39 is 34.2 Å². The van der Waals surface area contributed by atoms with Crippen LogP contribution >= 0.6 is 27.7 Å². The second kappa shape index (κ2) is 14.2. The lowest BCUT2D eigenvalue weighted by Crippen LogP contribution is -2.62. The van der Waals surface area contributed by atoms with Crippen molar-refractivity contribution in [3.63, 3.8) is 0 Å². The Labute approximate surface area is 289 Å². The number of aliphatic hydroxyl groups is 1. The lowest BCUT2D eigenvalue weighted by Gasteiger charge is -2.47. The van der Waals surface area contributed by atoms with Crippen molar-refractivity contribution in [2.24, 2.45) is 23.2 Å². The lowest BCUT2D eigenvalue weighted by molar-refractivity contribution is -0.150. The first-order valence-corrected chi connectivity index (χ1v) is 18.5. The van der Waals surface area contributed by atoms with E-state index in [-0.39, 0.29) is 45.7 Å². The molecule has 254 valence electrons. The zero-order valence-corrected chi connectivity index (χ0v) is 31.1. The Balaban J connectivity index is 1.84. The number of halogens is 1. The predicted octanol–water partition coefficient (Wildman–Crippen LogP) is 6.30. The Kier molecular flexibility index (Phi) is 11.3.